The molecule has 0 radical (unpaired) electrons. The van der Waals surface area contributed by atoms with Gasteiger partial charge in [0.2, 0.25) is 0 Å². The van der Waals surface area contributed by atoms with Gasteiger partial charge in [0.15, 0.2) is 11.5 Å². The van der Waals surface area contributed by atoms with Gasteiger partial charge in [0.1, 0.15) is 11.4 Å². The summed E-state index contributed by atoms with van der Waals surface area (Å²) in [7, 11) is 1.40. The van der Waals surface area contributed by atoms with Gasteiger partial charge < -0.3 is 9.47 Å². The number of carbonyl (C=O) groups is 3. The molecule has 144 valence electrons. The topological polar surface area (TPSA) is 84.9 Å². The summed E-state index contributed by atoms with van der Waals surface area (Å²) >= 11 is 5.74. The molecule has 2 aromatic rings. The molecule has 0 bridgehead atoms. The standard InChI is InChI=1S/C19H14ClFN2O5/c1-10(24)28-16-6-3-11(8-17(16)27-2)7-13-18(25)22-23(19(13)26)12-4-5-15(21)14(20)9-12/h3-9H,1-2H3,(H,22,25)/b13-7+. The number of esters is 1. The number of nitrogens with one attached hydrogen (secondary N) is 1. The van der Waals surface area contributed by atoms with Gasteiger partial charge in [-0.25, -0.2) is 9.40 Å². The van der Waals surface area contributed by atoms with Crippen LogP contribution in [0.1, 0.15) is 12.5 Å². The van der Waals surface area contributed by atoms with Crippen LogP contribution in [0.3, 0.4) is 0 Å². The van der Waals surface area contributed by atoms with Crippen molar-refractivity contribution in [2.45, 2.75) is 6.92 Å². The Labute approximate surface area is 164 Å². The number of hydrogen-bond acceptors (Lipinski definition) is 5. The minimum atomic E-state index is -0.640. The first-order valence-corrected chi connectivity index (χ1v) is 8.36. The second-order valence-electron chi connectivity index (χ2n) is 5.74. The number of methoxy groups -OCH3 is 1. The van der Waals surface area contributed by atoms with Gasteiger partial charge in [0.25, 0.3) is 11.8 Å². The zero-order chi connectivity index (χ0) is 20.4. The molecule has 3 rings (SSSR count). The summed E-state index contributed by atoms with van der Waals surface area (Å²) in [6.07, 6.45) is 1.36. The van der Waals surface area contributed by atoms with E-state index in [4.69, 9.17) is 21.1 Å². The summed E-state index contributed by atoms with van der Waals surface area (Å²) in [6.45, 7) is 1.26. The third-order valence-corrected chi connectivity index (χ3v) is 4.09. The van der Waals surface area contributed by atoms with E-state index in [1.807, 2.05) is 0 Å². The SMILES string of the molecule is COc1cc(/C=C2\C(=O)NN(c3ccc(F)c(Cl)c3)C2=O)ccc1OC(C)=O. The molecule has 0 unspecified atom stereocenters. The van der Waals surface area contributed by atoms with Crippen molar-refractivity contribution in [2.24, 2.45) is 0 Å². The summed E-state index contributed by atoms with van der Waals surface area (Å²) in [5, 5.41) is 0.798. The van der Waals surface area contributed by atoms with Crippen LogP contribution in [0.2, 0.25) is 5.02 Å². The van der Waals surface area contributed by atoms with Gasteiger partial charge in [-0.3, -0.25) is 19.8 Å². The monoisotopic (exact) mass is 404 g/mol. The number of benzene rings is 2. The number of halogens is 2. The molecule has 0 aliphatic carbocycles. The van der Waals surface area contributed by atoms with E-state index in [-0.39, 0.29) is 27.8 Å². The van der Waals surface area contributed by atoms with Crippen LogP contribution >= 0.6 is 11.6 Å². The van der Waals surface area contributed by atoms with Gasteiger partial charge in [0.05, 0.1) is 17.8 Å². The van der Waals surface area contributed by atoms with Gasteiger partial charge in [-0.05, 0) is 42.0 Å². The summed E-state index contributed by atoms with van der Waals surface area (Å²) in [4.78, 5) is 36.0. The van der Waals surface area contributed by atoms with Gasteiger partial charge in [0, 0.05) is 6.92 Å². The van der Waals surface area contributed by atoms with Gasteiger partial charge in [-0.1, -0.05) is 17.7 Å². The third kappa shape index (κ3) is 3.81. The molecule has 2 aromatic carbocycles. The van der Waals surface area contributed by atoms with E-state index in [9.17, 15) is 18.8 Å². The van der Waals surface area contributed by atoms with Crippen LogP contribution < -0.4 is 19.9 Å². The van der Waals surface area contributed by atoms with Crippen LogP contribution in [-0.2, 0) is 14.4 Å². The first kappa shape index (κ1) is 19.4. The number of carbonyl (C=O) groups excluding carboxylic acids is 3. The van der Waals surface area contributed by atoms with Gasteiger partial charge in [-0.2, -0.15) is 0 Å². The van der Waals surface area contributed by atoms with Gasteiger partial charge in [-0.15, -0.1) is 0 Å². The Kier molecular flexibility index (Phi) is 5.32. The van der Waals surface area contributed by atoms with Crippen LogP contribution in [-0.4, -0.2) is 24.9 Å². The minimum absolute atomic E-state index is 0.136. The van der Waals surface area contributed by atoms with E-state index in [1.165, 1.54) is 44.4 Å². The Morgan fingerprint density at radius 2 is 1.93 bits per heavy atom. The lowest BCUT2D eigenvalue weighted by Gasteiger charge is -2.14. The minimum Gasteiger partial charge on any atom is -0.493 e. The molecule has 0 spiro atoms. The van der Waals surface area contributed by atoms with Crippen LogP contribution in [0.15, 0.2) is 42.0 Å². The highest BCUT2D eigenvalue weighted by Crippen LogP contribution is 2.30. The maximum Gasteiger partial charge on any atom is 0.308 e. The first-order valence-electron chi connectivity index (χ1n) is 7.99. The lowest BCUT2D eigenvalue weighted by Crippen LogP contribution is -2.35. The second kappa shape index (κ2) is 7.69. The van der Waals surface area contributed by atoms with Gasteiger partial charge >= 0.3 is 5.97 Å². The molecule has 1 aliphatic rings. The highest BCUT2D eigenvalue weighted by molar-refractivity contribution is 6.33. The van der Waals surface area contributed by atoms with Crippen molar-refractivity contribution >= 4 is 41.1 Å². The molecule has 1 saturated heterocycles. The fourth-order valence-electron chi connectivity index (χ4n) is 2.54. The van der Waals surface area contributed by atoms with Crippen LogP contribution in [0, 0.1) is 5.82 Å². The van der Waals surface area contributed by atoms with Crippen molar-refractivity contribution in [1.29, 1.82) is 0 Å². The molecule has 1 aliphatic heterocycles. The molecule has 0 saturated carbocycles. The fraction of sp³-hybridized carbons (Fsp3) is 0.105. The van der Waals surface area contributed by atoms with Crippen LogP contribution in [0.4, 0.5) is 10.1 Å². The quantitative estimate of drug-likeness (QED) is 0.366. The summed E-state index contributed by atoms with van der Waals surface area (Å²) in [5.74, 6) is -1.94. The molecule has 2 amide bonds. The maximum absolute atomic E-state index is 13.3. The van der Waals surface area contributed by atoms with Crippen molar-refractivity contribution < 1.29 is 28.2 Å². The summed E-state index contributed by atoms with van der Waals surface area (Å²) < 4.78 is 23.5. The Bertz CT molecular complexity index is 1020. The molecule has 1 fully saturated rings. The van der Waals surface area contributed by atoms with Crippen molar-refractivity contribution in [2.75, 3.05) is 12.1 Å². The van der Waals surface area contributed by atoms with E-state index >= 15 is 0 Å². The zero-order valence-electron chi connectivity index (χ0n) is 14.8. The zero-order valence-corrected chi connectivity index (χ0v) is 15.5. The normalized spacial score (nSPS) is 15.0. The maximum atomic E-state index is 13.3. The van der Waals surface area contributed by atoms with E-state index in [2.05, 4.69) is 5.43 Å². The molecular formula is C19H14ClFN2O5. The molecule has 9 heteroatoms. The molecule has 1 N–H and O–H groups in total. The number of ether oxygens (including phenoxy) is 2. The number of hydrogen-bond donors (Lipinski definition) is 1. The Balaban J connectivity index is 1.92. The highest BCUT2D eigenvalue weighted by Gasteiger charge is 2.34. The number of nitrogens with zero attached hydrogens (tertiary/aromatic N) is 1. The van der Waals surface area contributed by atoms with Crippen LogP contribution in [0.25, 0.3) is 6.08 Å². The number of rotatable bonds is 4. The number of anilines is 1. The first-order chi connectivity index (χ1) is 13.3. The van der Waals surface area contributed by atoms with Crippen molar-refractivity contribution in [1.82, 2.24) is 5.43 Å². The van der Waals surface area contributed by atoms with E-state index in [1.54, 1.807) is 6.07 Å². The lowest BCUT2D eigenvalue weighted by atomic mass is 10.1. The average Bonchev–Trinajstić information content (AvgIpc) is 2.93. The largest absolute Gasteiger partial charge is 0.493 e. The molecule has 7 nitrogen and oxygen atoms in total. The summed E-state index contributed by atoms with van der Waals surface area (Å²) in [6, 6.07) is 8.21. The Hall–Kier alpha value is -3.39. The molecular weight excluding hydrogens is 391 g/mol. The predicted octanol–water partition coefficient (Wildman–Crippen LogP) is 2.87. The molecule has 28 heavy (non-hydrogen) atoms. The highest BCUT2D eigenvalue weighted by atomic mass is 35.5. The summed E-state index contributed by atoms with van der Waals surface area (Å²) in [5.41, 5.74) is 2.96. The van der Waals surface area contributed by atoms with E-state index < -0.39 is 23.6 Å². The number of hydrazine groups is 1. The predicted molar refractivity (Wildman–Crippen MR) is 99.3 cm³/mol. The average molecular weight is 405 g/mol. The molecule has 1 heterocycles. The fourth-order valence-corrected chi connectivity index (χ4v) is 2.72. The Morgan fingerprint density at radius 1 is 1.18 bits per heavy atom. The van der Waals surface area contributed by atoms with Crippen LogP contribution in [0.5, 0.6) is 11.5 Å². The molecule has 0 aromatic heterocycles. The lowest BCUT2D eigenvalue weighted by molar-refractivity contribution is -0.132. The van der Waals surface area contributed by atoms with E-state index in [0.29, 0.717) is 5.56 Å². The second-order valence-corrected chi connectivity index (χ2v) is 6.15. The van der Waals surface area contributed by atoms with Crippen molar-refractivity contribution in [3.8, 4) is 11.5 Å². The third-order valence-electron chi connectivity index (χ3n) is 3.81. The smallest absolute Gasteiger partial charge is 0.308 e. The Morgan fingerprint density at radius 3 is 2.57 bits per heavy atom. The van der Waals surface area contributed by atoms with E-state index in [0.717, 1.165) is 11.1 Å². The molecule has 0 atom stereocenters. The number of amides is 2. The van der Waals surface area contributed by atoms with Crippen molar-refractivity contribution in [3.63, 3.8) is 0 Å². The van der Waals surface area contributed by atoms with Crippen molar-refractivity contribution in [3.05, 3.63) is 58.4 Å².